The van der Waals surface area contributed by atoms with Crippen LogP contribution in [0.15, 0.2) is 24.3 Å². The largest absolute Gasteiger partial charge is 0.331 e. The minimum atomic E-state index is 0.701. The SMILES string of the molecule is CC1CC1c1nc2ccccc2n1C. The van der Waals surface area contributed by atoms with Crippen LogP contribution in [0.1, 0.15) is 25.1 Å². The molecule has 72 valence electrons. The Morgan fingerprint density at radius 1 is 1.36 bits per heavy atom. The van der Waals surface area contributed by atoms with Crippen molar-refractivity contribution in [3.63, 3.8) is 0 Å². The molecule has 1 fully saturated rings. The van der Waals surface area contributed by atoms with E-state index in [1.54, 1.807) is 0 Å². The van der Waals surface area contributed by atoms with Gasteiger partial charge in [-0.1, -0.05) is 19.1 Å². The zero-order valence-corrected chi connectivity index (χ0v) is 8.57. The number of aromatic nitrogens is 2. The predicted octanol–water partition coefficient (Wildman–Crippen LogP) is 2.70. The number of imidazole rings is 1. The van der Waals surface area contributed by atoms with Crippen LogP contribution in [-0.4, -0.2) is 9.55 Å². The van der Waals surface area contributed by atoms with Crippen molar-refractivity contribution in [3.8, 4) is 0 Å². The number of hydrogen-bond donors (Lipinski definition) is 0. The van der Waals surface area contributed by atoms with Gasteiger partial charge in [0.2, 0.25) is 0 Å². The van der Waals surface area contributed by atoms with E-state index in [9.17, 15) is 0 Å². The molecule has 1 aliphatic carbocycles. The lowest BCUT2D eigenvalue weighted by Crippen LogP contribution is -1.95. The fourth-order valence-corrected chi connectivity index (χ4v) is 2.18. The highest BCUT2D eigenvalue weighted by Crippen LogP contribution is 2.46. The van der Waals surface area contributed by atoms with Gasteiger partial charge < -0.3 is 4.57 Å². The molecule has 0 N–H and O–H groups in total. The topological polar surface area (TPSA) is 17.8 Å². The number of hydrogen-bond acceptors (Lipinski definition) is 1. The molecule has 0 amide bonds. The van der Waals surface area contributed by atoms with Gasteiger partial charge in [-0.2, -0.15) is 0 Å². The fraction of sp³-hybridized carbons (Fsp3) is 0.417. The number of rotatable bonds is 1. The van der Waals surface area contributed by atoms with Gasteiger partial charge >= 0.3 is 0 Å². The van der Waals surface area contributed by atoms with Gasteiger partial charge in [0, 0.05) is 13.0 Å². The highest BCUT2D eigenvalue weighted by Gasteiger charge is 2.37. The van der Waals surface area contributed by atoms with Crippen molar-refractivity contribution in [2.24, 2.45) is 13.0 Å². The van der Waals surface area contributed by atoms with Crippen molar-refractivity contribution in [1.82, 2.24) is 9.55 Å². The van der Waals surface area contributed by atoms with Crippen LogP contribution in [0.2, 0.25) is 0 Å². The van der Waals surface area contributed by atoms with E-state index in [4.69, 9.17) is 0 Å². The van der Waals surface area contributed by atoms with E-state index in [0.29, 0.717) is 5.92 Å². The lowest BCUT2D eigenvalue weighted by Gasteiger charge is -1.99. The summed E-state index contributed by atoms with van der Waals surface area (Å²) >= 11 is 0. The van der Waals surface area contributed by atoms with Crippen LogP contribution in [-0.2, 0) is 7.05 Å². The van der Waals surface area contributed by atoms with Crippen molar-refractivity contribution < 1.29 is 0 Å². The molecule has 2 nitrogen and oxygen atoms in total. The first-order chi connectivity index (χ1) is 6.77. The van der Waals surface area contributed by atoms with Crippen LogP contribution < -0.4 is 0 Å². The maximum absolute atomic E-state index is 4.69. The second-order valence-corrected chi connectivity index (χ2v) is 4.34. The lowest BCUT2D eigenvalue weighted by molar-refractivity contribution is 0.779. The van der Waals surface area contributed by atoms with Crippen LogP contribution in [0, 0.1) is 5.92 Å². The molecule has 3 rings (SSSR count). The van der Waals surface area contributed by atoms with Gasteiger partial charge in [-0.05, 0) is 24.5 Å². The molecule has 2 unspecified atom stereocenters. The Kier molecular flexibility index (Phi) is 1.49. The summed E-state index contributed by atoms with van der Waals surface area (Å²) in [5.74, 6) is 2.79. The summed E-state index contributed by atoms with van der Waals surface area (Å²) in [5, 5.41) is 0. The third-order valence-electron chi connectivity index (χ3n) is 3.26. The molecule has 0 spiro atoms. The van der Waals surface area contributed by atoms with Crippen molar-refractivity contribution >= 4 is 11.0 Å². The molecule has 0 radical (unpaired) electrons. The first kappa shape index (κ1) is 8.04. The summed E-state index contributed by atoms with van der Waals surface area (Å²) in [4.78, 5) is 4.69. The van der Waals surface area contributed by atoms with Gasteiger partial charge in [0.05, 0.1) is 11.0 Å². The van der Waals surface area contributed by atoms with Gasteiger partial charge in [-0.3, -0.25) is 0 Å². The molecule has 1 aromatic heterocycles. The zero-order chi connectivity index (χ0) is 9.71. The Bertz CT molecular complexity index is 484. The molecule has 1 saturated carbocycles. The van der Waals surface area contributed by atoms with Crippen molar-refractivity contribution in [2.45, 2.75) is 19.3 Å². The smallest absolute Gasteiger partial charge is 0.113 e. The lowest BCUT2D eigenvalue weighted by atomic mass is 10.3. The molecule has 1 aromatic carbocycles. The second-order valence-electron chi connectivity index (χ2n) is 4.34. The van der Waals surface area contributed by atoms with E-state index < -0.39 is 0 Å². The molecule has 2 atom stereocenters. The number of nitrogens with zero attached hydrogens (tertiary/aromatic N) is 2. The molecular weight excluding hydrogens is 172 g/mol. The standard InChI is InChI=1S/C12H14N2/c1-8-7-9(8)12-13-10-5-3-4-6-11(10)14(12)2/h3-6,8-9H,7H2,1-2H3. The Hall–Kier alpha value is -1.31. The Balaban J connectivity index is 2.21. The number of aryl methyl sites for hydroxylation is 1. The maximum Gasteiger partial charge on any atom is 0.113 e. The Labute approximate surface area is 83.6 Å². The van der Waals surface area contributed by atoms with Crippen molar-refractivity contribution in [2.75, 3.05) is 0 Å². The highest BCUT2D eigenvalue weighted by molar-refractivity contribution is 5.76. The number of fused-ring (bicyclic) bond motifs is 1. The first-order valence-corrected chi connectivity index (χ1v) is 5.18. The zero-order valence-electron chi connectivity index (χ0n) is 8.57. The van der Waals surface area contributed by atoms with Crippen LogP contribution in [0.4, 0.5) is 0 Å². The normalized spacial score (nSPS) is 25.6. The molecule has 1 heterocycles. The van der Waals surface area contributed by atoms with E-state index in [0.717, 1.165) is 11.4 Å². The van der Waals surface area contributed by atoms with Gasteiger partial charge in [-0.15, -0.1) is 0 Å². The minimum absolute atomic E-state index is 0.701. The van der Waals surface area contributed by atoms with E-state index in [1.165, 1.54) is 17.8 Å². The van der Waals surface area contributed by atoms with Crippen LogP contribution in [0.5, 0.6) is 0 Å². The van der Waals surface area contributed by atoms with E-state index in [1.807, 2.05) is 0 Å². The summed E-state index contributed by atoms with van der Waals surface area (Å²) in [5.41, 5.74) is 2.38. The summed E-state index contributed by atoms with van der Waals surface area (Å²) in [7, 11) is 2.12. The van der Waals surface area contributed by atoms with E-state index in [-0.39, 0.29) is 0 Å². The van der Waals surface area contributed by atoms with Crippen molar-refractivity contribution in [1.29, 1.82) is 0 Å². The quantitative estimate of drug-likeness (QED) is 0.669. The average Bonchev–Trinajstić information content (AvgIpc) is 2.82. The molecule has 0 saturated heterocycles. The van der Waals surface area contributed by atoms with E-state index >= 15 is 0 Å². The van der Waals surface area contributed by atoms with Gasteiger partial charge in [-0.25, -0.2) is 4.98 Å². The molecule has 0 aliphatic heterocycles. The molecule has 0 bridgehead atoms. The first-order valence-electron chi connectivity index (χ1n) is 5.18. The average molecular weight is 186 g/mol. The Morgan fingerprint density at radius 3 is 2.71 bits per heavy atom. The molecular formula is C12H14N2. The monoisotopic (exact) mass is 186 g/mol. The van der Waals surface area contributed by atoms with Gasteiger partial charge in [0.25, 0.3) is 0 Å². The third-order valence-corrected chi connectivity index (χ3v) is 3.26. The second kappa shape index (κ2) is 2.59. The van der Waals surface area contributed by atoms with Crippen LogP contribution in [0.3, 0.4) is 0 Å². The van der Waals surface area contributed by atoms with Gasteiger partial charge in [0.1, 0.15) is 5.82 Å². The fourth-order valence-electron chi connectivity index (χ4n) is 2.18. The molecule has 1 aliphatic rings. The van der Waals surface area contributed by atoms with Gasteiger partial charge in [0.15, 0.2) is 0 Å². The highest BCUT2D eigenvalue weighted by atomic mass is 15.1. The van der Waals surface area contributed by atoms with Crippen LogP contribution in [0.25, 0.3) is 11.0 Å². The summed E-state index contributed by atoms with van der Waals surface area (Å²) in [6, 6.07) is 8.35. The van der Waals surface area contributed by atoms with E-state index in [2.05, 4.69) is 47.8 Å². The summed E-state index contributed by atoms with van der Waals surface area (Å²) < 4.78 is 2.24. The molecule has 14 heavy (non-hydrogen) atoms. The number of para-hydroxylation sites is 2. The minimum Gasteiger partial charge on any atom is -0.331 e. The number of benzene rings is 1. The maximum atomic E-state index is 4.69. The van der Waals surface area contributed by atoms with Crippen LogP contribution >= 0.6 is 0 Å². The Morgan fingerprint density at radius 2 is 2.07 bits per heavy atom. The summed E-state index contributed by atoms with van der Waals surface area (Å²) in [6.07, 6.45) is 1.30. The summed E-state index contributed by atoms with van der Waals surface area (Å²) in [6.45, 7) is 2.30. The molecule has 2 aromatic rings. The third kappa shape index (κ3) is 0.999. The van der Waals surface area contributed by atoms with Crippen molar-refractivity contribution in [3.05, 3.63) is 30.1 Å². The predicted molar refractivity (Wildman–Crippen MR) is 57.2 cm³/mol. The molecule has 2 heteroatoms.